The Morgan fingerprint density at radius 2 is 0.963 bits per heavy atom. The van der Waals surface area contributed by atoms with Crippen molar-refractivity contribution in [2.75, 3.05) is 52.8 Å². The Morgan fingerprint density at radius 3 is 1.35 bits per heavy atom. The van der Waals surface area contributed by atoms with Crippen molar-refractivity contribution >= 4 is 204 Å². The Morgan fingerprint density at radius 1 is 0.574 bits per heavy atom. The number of aromatic amines is 1. The first kappa shape index (κ1) is 84.1. The molecule has 0 unspecified atom stereocenters. The maximum absolute atomic E-state index is 11.6. The number of H-pyrrole nitrogens is 1. The Hall–Kier alpha value is -7.98. The molecule has 0 spiro atoms. The number of amides is 1. The van der Waals surface area contributed by atoms with Gasteiger partial charge in [-0.05, 0) is 171 Å². The van der Waals surface area contributed by atoms with E-state index in [9.17, 15) is 19.2 Å². The van der Waals surface area contributed by atoms with Gasteiger partial charge in [0.2, 0.25) is 11.6 Å². The fourth-order valence-corrected chi connectivity index (χ4v) is 12.2. The third-order valence-corrected chi connectivity index (χ3v) is 20.3. The normalized spacial score (nSPS) is 16.2. The van der Waals surface area contributed by atoms with Crippen molar-refractivity contribution < 1.29 is 50.2 Å². The molecule has 7 aromatic rings. The van der Waals surface area contributed by atoms with E-state index in [1.165, 1.54) is 143 Å². The van der Waals surface area contributed by atoms with Gasteiger partial charge in [0.05, 0.1) is 67.7 Å². The molecular weight excluding hydrogens is 1620 g/mol. The number of hydrogen-bond acceptors (Lipinski definition) is 28. The number of nitrogens with two attached hydrogens (primary N) is 2. The van der Waals surface area contributed by atoms with Gasteiger partial charge < -0.3 is 39.5 Å². The van der Waals surface area contributed by atoms with Crippen LogP contribution < -0.4 is 67.6 Å². The fraction of sp³-hybridized carbons (Fsp3) is 0.353. The van der Waals surface area contributed by atoms with Gasteiger partial charge in [-0.25, -0.2) is 49.8 Å². The molecule has 3 radical (unpaired) electrons. The van der Waals surface area contributed by atoms with Gasteiger partial charge in [-0.2, -0.15) is 15.3 Å². The third kappa shape index (κ3) is 24.3. The molecule has 1 amide bonds. The molecular formula is C68H67BBrCl6N25NaO4S2. The van der Waals surface area contributed by atoms with Crippen LogP contribution in [0.15, 0.2) is 108 Å². The molecule has 5 fully saturated rings. The summed E-state index contributed by atoms with van der Waals surface area (Å²) >= 11 is 44.8. The van der Waals surface area contributed by atoms with Crippen LogP contribution in [0.4, 0.5) is 34.9 Å². The number of rotatable bonds is 17. The van der Waals surface area contributed by atoms with Crippen molar-refractivity contribution in [1.29, 1.82) is 5.26 Å². The standard InChI is InChI=1S/C16H15ClN6OS.C12H12ClN5O.C12H12ClN5S.C12H10ClN5.C11H10BrClN4.C5H7ClO2.B.Na.H/c1-7-13(8(2)24)25-16(19-7)15-18-6-10(17)14(21-15)20-12-5-11(22-23-12)9-3-4-9;2*13-8-5-16-12(10(14)19)18-11(8)17-9-3-7(4-15-9)6-1-2-6;13-9-6-16-11(4-14)18-12(9)17-10-3-8(5-15-10)7-1-2-7;12-11-15-5-8(13)10(17-11)16-9-3-7(4-14-9)6-1-2-6;1-3(7)5(6)4(2)8;;;/h5-6,9H,3-4H2,1-2H3,(H2,18,20,21,22,23);2*3,5-6H,1-2,4H2,(H2,14,19)(H,15,16,17,18);3,6-7H,1-2,5H2,(H,15,16,17,18);3,5-6H,1-2,4H2,(H,14,15,16,17);5H,1-2H3;;;/q;;;;;;;+1;-1. The van der Waals surface area contributed by atoms with E-state index in [0.717, 1.165) is 61.2 Å². The minimum Gasteiger partial charge on any atom is -1.00 e. The molecule has 4 aliphatic heterocycles. The number of hydrogen-bond donors (Lipinski definition) is 8. The average molecular weight is 1690 g/mol. The van der Waals surface area contributed by atoms with Gasteiger partial charge in [-0.3, -0.25) is 44.2 Å². The minimum absolute atomic E-state index is 0. The van der Waals surface area contributed by atoms with Crippen molar-refractivity contribution in [2.45, 2.75) is 103 Å². The van der Waals surface area contributed by atoms with Crippen LogP contribution in [-0.4, -0.2) is 157 Å². The van der Waals surface area contributed by atoms with E-state index in [0.29, 0.717) is 116 Å². The number of aromatic nitrogens is 13. The third-order valence-electron chi connectivity index (χ3n) is 16.5. The maximum Gasteiger partial charge on any atom is 1.00 e. The number of Topliss-reactive ketones (excluding diaryl/α,β-unsaturated/α-hetero) is 3. The van der Waals surface area contributed by atoms with Gasteiger partial charge >= 0.3 is 29.6 Å². The van der Waals surface area contributed by atoms with Crippen LogP contribution in [0.3, 0.4) is 0 Å². The first-order valence-electron chi connectivity index (χ1n) is 33.1. The summed E-state index contributed by atoms with van der Waals surface area (Å²) in [5.74, 6) is 8.92. The summed E-state index contributed by atoms with van der Waals surface area (Å²) in [6.07, 6.45) is 28.1. The number of thiocarbonyl (C=S) groups is 1. The fourth-order valence-electron chi connectivity index (χ4n) is 10.2. The quantitative estimate of drug-likeness (QED) is 0.0105. The molecule has 40 heteroatoms. The molecule has 11 heterocycles. The molecule has 10 N–H and O–H groups in total. The van der Waals surface area contributed by atoms with Gasteiger partial charge in [-0.15, -0.1) is 22.9 Å². The molecule has 16 rings (SSSR count). The predicted molar refractivity (Wildman–Crippen MR) is 427 cm³/mol. The molecule has 0 atom stereocenters. The average Bonchev–Trinajstić information content (AvgIpc) is 1.72. The van der Waals surface area contributed by atoms with Crippen LogP contribution in [0.2, 0.25) is 25.1 Å². The predicted octanol–water partition coefficient (Wildman–Crippen LogP) is 10.1. The van der Waals surface area contributed by atoms with E-state index in [1.54, 1.807) is 13.1 Å². The van der Waals surface area contributed by atoms with Crippen molar-refractivity contribution in [3.63, 3.8) is 0 Å². The smallest absolute Gasteiger partial charge is 1.00 e. The van der Waals surface area contributed by atoms with Crippen molar-refractivity contribution in [2.24, 2.45) is 55.1 Å². The Bertz CT molecular complexity index is 4820. The van der Waals surface area contributed by atoms with Crippen LogP contribution in [0, 0.1) is 41.9 Å². The van der Waals surface area contributed by atoms with E-state index < -0.39 is 11.3 Å². The molecule has 0 bridgehead atoms. The monoisotopic (exact) mass is 1680 g/mol. The first-order chi connectivity index (χ1) is 50.8. The number of primary amides is 1. The van der Waals surface area contributed by atoms with Crippen LogP contribution in [0.1, 0.15) is 136 Å². The molecule has 5 saturated carbocycles. The summed E-state index contributed by atoms with van der Waals surface area (Å²) < 4.78 is 0.509. The number of nitrogens with one attached hydrogen (secondary N) is 6. The number of aryl methyl sites for hydroxylation is 1. The van der Waals surface area contributed by atoms with Gasteiger partial charge in [0.15, 0.2) is 73.6 Å². The van der Waals surface area contributed by atoms with Crippen LogP contribution in [0.25, 0.3) is 10.8 Å². The number of amidine groups is 4. The first-order valence-corrected chi connectivity index (χ1v) is 37.5. The van der Waals surface area contributed by atoms with E-state index >= 15 is 0 Å². The number of thiazole rings is 1. The molecule has 7 aromatic heterocycles. The largest absolute Gasteiger partial charge is 1.00 e. The Balaban J connectivity index is 0.000000167. The maximum atomic E-state index is 11.6. The number of nitrogens with zero attached hydrogens (tertiary/aromatic N) is 17. The zero-order valence-electron chi connectivity index (χ0n) is 59.6. The summed E-state index contributed by atoms with van der Waals surface area (Å²) in [7, 11) is 0. The molecule has 5 aliphatic carbocycles. The van der Waals surface area contributed by atoms with Crippen LogP contribution >= 0.6 is 109 Å². The Labute approximate surface area is 693 Å². The summed E-state index contributed by atoms with van der Waals surface area (Å²) in [6.45, 7) is 8.94. The van der Waals surface area contributed by atoms with Gasteiger partial charge in [0, 0.05) is 33.0 Å². The second kappa shape index (κ2) is 38.6. The molecule has 29 nitrogen and oxygen atoms in total. The van der Waals surface area contributed by atoms with Crippen molar-refractivity contribution in [3.8, 4) is 16.9 Å². The minimum atomic E-state index is -0.935. The number of halogens is 7. The summed E-state index contributed by atoms with van der Waals surface area (Å²) in [5, 5.41) is 33.0. The van der Waals surface area contributed by atoms with E-state index in [2.05, 4.69) is 140 Å². The summed E-state index contributed by atoms with van der Waals surface area (Å²) in [5.41, 5.74) is 17.9. The Kier molecular flexibility index (Phi) is 30.0. The second-order valence-electron chi connectivity index (χ2n) is 25.2. The van der Waals surface area contributed by atoms with Gasteiger partial charge in [0.1, 0.15) is 64.9 Å². The van der Waals surface area contributed by atoms with Gasteiger partial charge in [-0.1, -0.05) is 70.2 Å². The number of anilines is 6. The van der Waals surface area contributed by atoms with Gasteiger partial charge in [0.25, 0.3) is 5.91 Å². The summed E-state index contributed by atoms with van der Waals surface area (Å²) in [6, 6.07) is 3.85. The number of alkyl halides is 1. The number of carbonyl (C=O) groups excluding carboxylic acids is 4. The molecule has 9 aliphatic rings. The van der Waals surface area contributed by atoms with E-state index in [4.69, 9.17) is 98.6 Å². The van der Waals surface area contributed by atoms with Crippen molar-refractivity contribution in [3.05, 3.63) is 147 Å². The zero-order chi connectivity index (χ0) is 75.5. The van der Waals surface area contributed by atoms with Crippen molar-refractivity contribution in [1.82, 2.24) is 65.0 Å². The second-order valence-corrected chi connectivity index (χ2v) is 29.8. The number of nitriles is 1. The van der Waals surface area contributed by atoms with Crippen LogP contribution in [-0.2, 0) is 9.59 Å². The molecule has 0 aromatic carbocycles. The summed E-state index contributed by atoms with van der Waals surface area (Å²) in [4.78, 5) is 106. The van der Waals surface area contributed by atoms with E-state index in [-0.39, 0.29) is 73.4 Å². The van der Waals surface area contributed by atoms with E-state index in [1.807, 2.05) is 24.3 Å². The molecule has 0 saturated heterocycles. The zero-order valence-corrected chi connectivity index (χ0v) is 68.3. The number of carbonyl (C=O) groups is 4. The number of ketones is 3. The molecule has 553 valence electrons. The van der Waals surface area contributed by atoms with Crippen LogP contribution in [0.5, 0.6) is 0 Å². The molecule has 108 heavy (non-hydrogen) atoms. The SMILES string of the molecule is CC(=O)C(Cl)C(C)=O.CC(=O)c1sc(-c2ncc(Cl)c(Nc3cc(C4CC4)[nH]n3)n2)nc1C.Clc1cnc(Br)nc1NC1=NCC(C2CC2)=C1.N#Cc1ncc(Cl)c(NC2=NCC(C3CC3)=C2)n1.NC(=O)c1ncc(Cl)c(NC2=NCC(C3CC3)=C2)n1.NC(=S)c1ncc(Cl)c(NC2=NCC(C3CC3)=C2)n1.[B].[H-].[Na+]. The number of aliphatic imine (C=N–C) groups is 4. The topological polar surface area (TPSA) is 424 Å².